The Hall–Kier alpha value is -4.04. The number of carbonyl (C=O) groups excluding carboxylic acids is 1. The maximum Gasteiger partial charge on any atom is 0.299 e. The summed E-state index contributed by atoms with van der Waals surface area (Å²) in [5.74, 6) is 1.22. The van der Waals surface area contributed by atoms with E-state index in [9.17, 15) is 9.36 Å². The van der Waals surface area contributed by atoms with Crippen molar-refractivity contribution in [3.05, 3.63) is 101 Å². The van der Waals surface area contributed by atoms with E-state index in [1.807, 2.05) is 54.6 Å². The quantitative estimate of drug-likeness (QED) is 0.213. The molecule has 1 amide bonds. The van der Waals surface area contributed by atoms with Crippen LogP contribution in [-0.4, -0.2) is 74.7 Å². The van der Waals surface area contributed by atoms with Gasteiger partial charge in [0, 0.05) is 5.56 Å². The van der Waals surface area contributed by atoms with Gasteiger partial charge in [0.05, 0.1) is 25.7 Å². The smallest absolute Gasteiger partial charge is 0.299 e. The Labute approximate surface area is 229 Å². The molecule has 39 heavy (non-hydrogen) atoms. The number of rotatable bonds is 9. The van der Waals surface area contributed by atoms with Crippen molar-refractivity contribution in [3.8, 4) is 11.5 Å². The number of ether oxygens (including phenoxy) is 2. The van der Waals surface area contributed by atoms with Gasteiger partial charge in [0.25, 0.3) is 5.91 Å². The predicted molar refractivity (Wildman–Crippen MR) is 155 cm³/mol. The largest absolute Gasteiger partial charge is 0.497 e. The Kier molecular flexibility index (Phi) is 8.45. The lowest BCUT2D eigenvalue weighted by atomic mass is 10.2. The predicted octanol–water partition coefficient (Wildman–Crippen LogP) is 5.01. The second-order valence-electron chi connectivity index (χ2n) is 9.10. The zero-order chi connectivity index (χ0) is 28.2. The molecule has 0 bridgehead atoms. The second kappa shape index (κ2) is 11.8. The van der Waals surface area contributed by atoms with Crippen LogP contribution in [0.2, 0.25) is 0 Å². The molecule has 0 saturated heterocycles. The summed E-state index contributed by atoms with van der Waals surface area (Å²) in [7, 11) is 6.64. The number of methoxy groups -OCH3 is 2. The highest BCUT2D eigenvalue weighted by atomic mass is 31.2. The number of benzene rings is 3. The van der Waals surface area contributed by atoms with Gasteiger partial charge in [-0.1, -0.05) is 42.5 Å². The van der Waals surface area contributed by atoms with Gasteiger partial charge in [0.1, 0.15) is 17.2 Å². The third-order valence-electron chi connectivity index (χ3n) is 6.25. The molecule has 0 aromatic heterocycles. The van der Waals surface area contributed by atoms with Crippen molar-refractivity contribution < 1.29 is 18.8 Å². The molecule has 202 valence electrons. The fourth-order valence-electron chi connectivity index (χ4n) is 4.20. The van der Waals surface area contributed by atoms with Crippen molar-refractivity contribution in [1.82, 2.24) is 14.3 Å². The van der Waals surface area contributed by atoms with Gasteiger partial charge >= 0.3 is 0 Å². The van der Waals surface area contributed by atoms with Gasteiger partial charge in [-0.2, -0.15) is 10.1 Å². The number of nitrogens with zero attached hydrogens (tertiary/aromatic N) is 5. The first-order valence-electron chi connectivity index (χ1n) is 12.2. The van der Waals surface area contributed by atoms with Gasteiger partial charge < -0.3 is 9.47 Å². The molecule has 9 nitrogen and oxygen atoms in total. The van der Waals surface area contributed by atoms with Gasteiger partial charge in [-0.15, -0.1) is 0 Å². The summed E-state index contributed by atoms with van der Waals surface area (Å²) in [6.45, 7) is 0. The van der Waals surface area contributed by atoms with E-state index in [1.165, 1.54) is 5.01 Å². The summed E-state index contributed by atoms with van der Waals surface area (Å²) >= 11 is 0. The van der Waals surface area contributed by atoms with Crippen LogP contribution in [0.1, 0.15) is 16.7 Å². The topological polar surface area (TPSA) is 87.0 Å². The van der Waals surface area contributed by atoms with Crippen LogP contribution in [0, 0.1) is 0 Å². The van der Waals surface area contributed by atoms with E-state index in [-0.39, 0.29) is 5.70 Å². The van der Waals surface area contributed by atoms with Crippen LogP contribution in [0.4, 0.5) is 0 Å². The second-order valence-corrected chi connectivity index (χ2v) is 12.2. The summed E-state index contributed by atoms with van der Waals surface area (Å²) in [6, 6.07) is 23.8. The van der Waals surface area contributed by atoms with Gasteiger partial charge in [0.15, 0.2) is 5.84 Å². The van der Waals surface area contributed by atoms with E-state index in [4.69, 9.17) is 14.5 Å². The molecule has 1 heterocycles. The van der Waals surface area contributed by atoms with Crippen molar-refractivity contribution in [2.75, 3.05) is 42.4 Å². The molecular weight excluding hydrogens is 513 g/mol. The van der Waals surface area contributed by atoms with Crippen molar-refractivity contribution in [2.45, 2.75) is 0 Å². The summed E-state index contributed by atoms with van der Waals surface area (Å²) in [4.78, 5) is 18.9. The van der Waals surface area contributed by atoms with Crippen LogP contribution in [0.5, 0.6) is 11.5 Å². The lowest BCUT2D eigenvalue weighted by Crippen LogP contribution is -2.28. The van der Waals surface area contributed by atoms with Crippen molar-refractivity contribution in [2.24, 2.45) is 10.1 Å². The first-order valence-corrected chi connectivity index (χ1v) is 13.8. The van der Waals surface area contributed by atoms with Crippen molar-refractivity contribution in [1.29, 1.82) is 0 Å². The highest BCUT2D eigenvalue weighted by Gasteiger charge is 2.42. The van der Waals surface area contributed by atoms with Gasteiger partial charge in [-0.05, 0) is 75.7 Å². The SMILES string of the molecule is COc1ccc(/C=N/N2C(=O)/C(=C(/c3ccc(OC)cc3)P(=O)(N(C)C)N(C)C)N=C2c2ccccc2)cc1. The van der Waals surface area contributed by atoms with Crippen molar-refractivity contribution in [3.63, 3.8) is 0 Å². The third kappa shape index (κ3) is 5.56. The standard InChI is InChI=1S/C29H32N5O4P/c1-32(2)39(36,33(3)4)27(22-14-18-25(38-6)19-15-22)26-29(35)34(28(31-26)23-10-8-7-9-11-23)30-20-21-12-16-24(37-5)17-13-21/h7-20H,1-6H3/b27-26+,30-20+. The van der Waals surface area contributed by atoms with Crippen LogP contribution in [0.3, 0.4) is 0 Å². The van der Waals surface area contributed by atoms with Crippen molar-refractivity contribution >= 4 is 30.7 Å². The highest BCUT2D eigenvalue weighted by molar-refractivity contribution is 7.69. The Morgan fingerprint density at radius 2 is 1.38 bits per heavy atom. The molecule has 3 aromatic rings. The maximum atomic E-state index is 14.7. The van der Waals surface area contributed by atoms with Crippen LogP contribution in [0.15, 0.2) is 94.7 Å². The normalized spacial score (nSPS) is 15.3. The van der Waals surface area contributed by atoms with Crippen LogP contribution in [-0.2, 0) is 9.36 Å². The molecule has 4 rings (SSSR count). The molecule has 1 aliphatic heterocycles. The van der Waals surface area contributed by atoms with E-state index in [2.05, 4.69) is 5.10 Å². The van der Waals surface area contributed by atoms with E-state index in [0.29, 0.717) is 33.8 Å². The number of carbonyl (C=O) groups is 1. The Morgan fingerprint density at radius 1 is 0.846 bits per heavy atom. The molecule has 0 atom stereocenters. The number of hydrogen-bond acceptors (Lipinski definition) is 6. The lowest BCUT2D eigenvalue weighted by Gasteiger charge is -2.33. The minimum absolute atomic E-state index is 0.0663. The molecule has 10 heteroatoms. The highest BCUT2D eigenvalue weighted by Crippen LogP contribution is 2.63. The molecule has 1 aliphatic rings. The molecule has 0 fully saturated rings. The van der Waals surface area contributed by atoms with Crippen LogP contribution < -0.4 is 9.47 Å². The Morgan fingerprint density at radius 3 is 1.90 bits per heavy atom. The molecular formula is C29H32N5O4P. The Bertz CT molecular complexity index is 1450. The molecule has 0 spiro atoms. The van der Waals surface area contributed by atoms with E-state index in [0.717, 1.165) is 5.56 Å². The zero-order valence-corrected chi connectivity index (χ0v) is 23.8. The first kappa shape index (κ1) is 28.0. The number of amides is 1. The fraction of sp³-hybridized carbons (Fsp3) is 0.207. The number of hydrazone groups is 1. The molecule has 0 aliphatic carbocycles. The van der Waals surface area contributed by atoms with E-state index in [1.54, 1.807) is 82.2 Å². The zero-order valence-electron chi connectivity index (χ0n) is 22.9. The van der Waals surface area contributed by atoms with Gasteiger partial charge in [-0.25, -0.2) is 14.3 Å². The van der Waals surface area contributed by atoms with Crippen LogP contribution in [0.25, 0.3) is 5.31 Å². The average molecular weight is 546 g/mol. The Balaban J connectivity index is 1.94. The minimum Gasteiger partial charge on any atom is -0.497 e. The summed E-state index contributed by atoms with van der Waals surface area (Å²) in [5, 5.41) is 6.11. The fourth-order valence-corrected chi connectivity index (χ4v) is 6.62. The molecule has 0 radical (unpaired) electrons. The average Bonchev–Trinajstić information content (AvgIpc) is 3.28. The monoisotopic (exact) mass is 545 g/mol. The number of aliphatic imine (C=N–C) groups is 1. The van der Waals surface area contributed by atoms with Gasteiger partial charge in [0.2, 0.25) is 7.44 Å². The van der Waals surface area contributed by atoms with E-state index >= 15 is 0 Å². The summed E-state index contributed by atoms with van der Waals surface area (Å²) in [6.07, 6.45) is 1.59. The molecule has 0 saturated carbocycles. The number of hydrogen-bond donors (Lipinski definition) is 0. The molecule has 3 aromatic carbocycles. The summed E-state index contributed by atoms with van der Waals surface area (Å²) in [5.41, 5.74) is 2.14. The molecule has 0 N–H and O–H groups in total. The minimum atomic E-state index is -3.45. The molecule has 0 unspecified atom stereocenters. The van der Waals surface area contributed by atoms with E-state index < -0.39 is 13.4 Å². The lowest BCUT2D eigenvalue weighted by molar-refractivity contribution is -0.122. The summed E-state index contributed by atoms with van der Waals surface area (Å²) < 4.78 is 28.5. The third-order valence-corrected chi connectivity index (χ3v) is 9.47. The van der Waals surface area contributed by atoms with Gasteiger partial charge in [-0.3, -0.25) is 9.36 Å². The van der Waals surface area contributed by atoms with Crippen LogP contribution >= 0.6 is 7.44 Å². The first-order chi connectivity index (χ1) is 18.7. The number of amidine groups is 1. The maximum absolute atomic E-state index is 14.7.